The second kappa shape index (κ2) is 9.77. The molecule has 0 aliphatic carbocycles. The first-order valence-electron chi connectivity index (χ1n) is 8.87. The largest absolute Gasteiger partial charge is 0.381 e. The number of hydrogen-bond donors (Lipinski definition) is 3. The first-order chi connectivity index (χ1) is 13.6. The minimum absolute atomic E-state index is 0.234. The molecule has 0 saturated heterocycles. The average molecular weight is 395 g/mol. The summed E-state index contributed by atoms with van der Waals surface area (Å²) < 4.78 is 0. The molecular weight excluding hydrogens is 374 g/mol. The highest BCUT2D eigenvalue weighted by atomic mass is 32.1. The predicted octanol–water partition coefficient (Wildman–Crippen LogP) is 2.16. The molecule has 0 radical (unpaired) electrons. The Hall–Kier alpha value is -3.03. The molecule has 1 heterocycles. The zero-order chi connectivity index (χ0) is 19.8. The van der Waals surface area contributed by atoms with Crippen LogP contribution in [-0.2, 0) is 17.8 Å². The Kier molecular flexibility index (Phi) is 6.89. The molecule has 0 fully saturated rings. The van der Waals surface area contributed by atoms with E-state index in [9.17, 15) is 14.7 Å². The third-order valence-electron chi connectivity index (χ3n) is 4.20. The van der Waals surface area contributed by atoms with Crippen molar-refractivity contribution in [1.29, 1.82) is 0 Å². The predicted molar refractivity (Wildman–Crippen MR) is 108 cm³/mol. The van der Waals surface area contributed by atoms with Crippen molar-refractivity contribution in [3.8, 4) is 0 Å². The summed E-state index contributed by atoms with van der Waals surface area (Å²) in [6.45, 7) is 0.234. The van der Waals surface area contributed by atoms with E-state index >= 15 is 0 Å². The van der Waals surface area contributed by atoms with Gasteiger partial charge in [0.15, 0.2) is 6.10 Å². The van der Waals surface area contributed by atoms with Crippen LogP contribution in [0.25, 0.3) is 0 Å². The lowest BCUT2D eigenvalue weighted by Gasteiger charge is -2.24. The van der Waals surface area contributed by atoms with Gasteiger partial charge >= 0.3 is 0 Å². The maximum absolute atomic E-state index is 12.6. The van der Waals surface area contributed by atoms with Gasteiger partial charge in [0.25, 0.3) is 11.8 Å². The number of thiazole rings is 1. The highest BCUT2D eigenvalue weighted by Gasteiger charge is 2.28. The van der Waals surface area contributed by atoms with Crippen LogP contribution < -0.4 is 10.6 Å². The molecular formula is C21H21N3O3S. The van der Waals surface area contributed by atoms with Crippen LogP contribution in [0.1, 0.15) is 20.9 Å². The van der Waals surface area contributed by atoms with E-state index in [0.717, 1.165) is 10.6 Å². The standard InChI is InChI=1S/C21H21N3O3S/c25-19(21(27)23-14-18-22-11-12-28-18)17(13-15-7-3-1-4-8-15)24-20(26)16-9-5-2-6-10-16/h1-12,17,19,25H,13-14H2,(H,23,27)(H,24,26)/t17-,19+/m1/s1. The highest BCUT2D eigenvalue weighted by molar-refractivity contribution is 7.09. The van der Waals surface area contributed by atoms with Gasteiger partial charge in [-0.3, -0.25) is 9.59 Å². The molecule has 0 bridgehead atoms. The zero-order valence-corrected chi connectivity index (χ0v) is 15.9. The molecule has 1 aromatic heterocycles. The summed E-state index contributed by atoms with van der Waals surface area (Å²) >= 11 is 1.42. The number of carbonyl (C=O) groups is 2. The first-order valence-corrected chi connectivity index (χ1v) is 9.75. The quantitative estimate of drug-likeness (QED) is 0.545. The number of aromatic nitrogens is 1. The summed E-state index contributed by atoms with van der Waals surface area (Å²) in [5, 5.41) is 18.6. The first kappa shape index (κ1) is 19.7. The maximum Gasteiger partial charge on any atom is 0.251 e. The fourth-order valence-corrected chi connectivity index (χ4v) is 3.30. The third-order valence-corrected chi connectivity index (χ3v) is 4.98. The second-order valence-electron chi connectivity index (χ2n) is 6.22. The molecule has 3 N–H and O–H groups in total. The summed E-state index contributed by atoms with van der Waals surface area (Å²) in [7, 11) is 0. The number of hydrogen-bond acceptors (Lipinski definition) is 5. The van der Waals surface area contributed by atoms with Crippen molar-refractivity contribution in [1.82, 2.24) is 15.6 Å². The number of amides is 2. The highest BCUT2D eigenvalue weighted by Crippen LogP contribution is 2.10. The number of carbonyl (C=O) groups excluding carboxylic acids is 2. The maximum atomic E-state index is 12.6. The van der Waals surface area contributed by atoms with Crippen molar-refractivity contribution in [2.45, 2.75) is 25.1 Å². The van der Waals surface area contributed by atoms with Crippen LogP contribution in [0.4, 0.5) is 0 Å². The fourth-order valence-electron chi connectivity index (χ4n) is 2.74. The monoisotopic (exact) mass is 395 g/mol. The third kappa shape index (κ3) is 5.48. The van der Waals surface area contributed by atoms with Crippen molar-refractivity contribution < 1.29 is 14.7 Å². The molecule has 2 amide bonds. The van der Waals surface area contributed by atoms with Gasteiger partial charge in [0.2, 0.25) is 0 Å². The number of aliphatic hydroxyl groups excluding tert-OH is 1. The number of nitrogens with one attached hydrogen (secondary N) is 2. The van der Waals surface area contributed by atoms with Crippen LogP contribution in [0.3, 0.4) is 0 Å². The van der Waals surface area contributed by atoms with E-state index in [1.54, 1.807) is 30.5 Å². The van der Waals surface area contributed by atoms with Gasteiger partial charge in [0.1, 0.15) is 5.01 Å². The van der Waals surface area contributed by atoms with Gasteiger partial charge in [0.05, 0.1) is 12.6 Å². The molecule has 0 aliphatic heterocycles. The Morgan fingerprint density at radius 1 is 1.04 bits per heavy atom. The minimum atomic E-state index is -1.40. The van der Waals surface area contributed by atoms with Gasteiger partial charge in [-0.15, -0.1) is 11.3 Å². The van der Waals surface area contributed by atoms with E-state index in [1.807, 2.05) is 41.8 Å². The smallest absolute Gasteiger partial charge is 0.251 e. The molecule has 7 heteroatoms. The Bertz CT molecular complexity index is 886. The topological polar surface area (TPSA) is 91.3 Å². The van der Waals surface area contributed by atoms with Crippen LogP contribution in [0.2, 0.25) is 0 Å². The van der Waals surface area contributed by atoms with E-state index in [2.05, 4.69) is 15.6 Å². The van der Waals surface area contributed by atoms with Crippen molar-refractivity contribution in [2.75, 3.05) is 0 Å². The second-order valence-corrected chi connectivity index (χ2v) is 7.20. The lowest BCUT2D eigenvalue weighted by molar-refractivity contribution is -0.130. The van der Waals surface area contributed by atoms with Gasteiger partial charge < -0.3 is 15.7 Å². The lowest BCUT2D eigenvalue weighted by atomic mass is 10.00. The number of rotatable bonds is 8. The summed E-state index contributed by atoms with van der Waals surface area (Å²) in [4.78, 5) is 29.1. The van der Waals surface area contributed by atoms with Crippen molar-refractivity contribution in [3.05, 3.63) is 88.4 Å². The van der Waals surface area contributed by atoms with E-state index in [1.165, 1.54) is 11.3 Å². The van der Waals surface area contributed by atoms with Gasteiger partial charge in [0, 0.05) is 17.1 Å². The van der Waals surface area contributed by atoms with Gasteiger partial charge in [-0.25, -0.2) is 4.98 Å². The van der Waals surface area contributed by atoms with Crippen LogP contribution in [-0.4, -0.2) is 34.1 Å². The number of benzene rings is 2. The summed E-state index contributed by atoms with van der Waals surface area (Å²) in [5.41, 5.74) is 1.38. The molecule has 0 unspecified atom stereocenters. The molecule has 2 aromatic carbocycles. The molecule has 6 nitrogen and oxygen atoms in total. The summed E-state index contributed by atoms with van der Waals surface area (Å²) in [6, 6.07) is 17.4. The Balaban J connectivity index is 1.70. The van der Waals surface area contributed by atoms with Crippen LogP contribution in [0, 0.1) is 0 Å². The van der Waals surface area contributed by atoms with Crippen LogP contribution in [0.15, 0.2) is 72.2 Å². The van der Waals surface area contributed by atoms with Gasteiger partial charge in [-0.1, -0.05) is 48.5 Å². The molecule has 28 heavy (non-hydrogen) atoms. The molecule has 0 aliphatic rings. The van der Waals surface area contributed by atoms with Crippen molar-refractivity contribution >= 4 is 23.2 Å². The van der Waals surface area contributed by atoms with Gasteiger partial charge in [-0.2, -0.15) is 0 Å². The van der Waals surface area contributed by atoms with Gasteiger partial charge in [-0.05, 0) is 24.1 Å². The van der Waals surface area contributed by atoms with Crippen molar-refractivity contribution in [3.63, 3.8) is 0 Å². The SMILES string of the molecule is O=C(N[C@H](Cc1ccccc1)[C@H](O)C(=O)NCc1nccs1)c1ccccc1. The van der Waals surface area contributed by atoms with E-state index in [0.29, 0.717) is 12.0 Å². The summed E-state index contributed by atoms with van der Waals surface area (Å²) in [5.74, 6) is -0.891. The fraction of sp³-hybridized carbons (Fsp3) is 0.190. The van der Waals surface area contributed by atoms with E-state index in [4.69, 9.17) is 0 Å². The normalized spacial score (nSPS) is 12.8. The number of nitrogens with zero attached hydrogens (tertiary/aromatic N) is 1. The minimum Gasteiger partial charge on any atom is -0.381 e. The molecule has 2 atom stereocenters. The Morgan fingerprint density at radius 3 is 2.36 bits per heavy atom. The lowest BCUT2D eigenvalue weighted by Crippen LogP contribution is -2.51. The van der Waals surface area contributed by atoms with Crippen LogP contribution in [0.5, 0.6) is 0 Å². The Labute approximate surface area is 167 Å². The van der Waals surface area contributed by atoms with Crippen molar-refractivity contribution in [2.24, 2.45) is 0 Å². The van der Waals surface area contributed by atoms with E-state index < -0.39 is 18.1 Å². The Morgan fingerprint density at radius 2 is 1.71 bits per heavy atom. The zero-order valence-electron chi connectivity index (χ0n) is 15.1. The summed E-state index contributed by atoms with van der Waals surface area (Å²) in [6.07, 6.45) is 0.583. The molecule has 3 rings (SSSR count). The molecule has 0 spiro atoms. The van der Waals surface area contributed by atoms with E-state index in [-0.39, 0.29) is 12.5 Å². The average Bonchev–Trinajstić information content (AvgIpc) is 3.26. The molecule has 3 aromatic rings. The van der Waals surface area contributed by atoms with Crippen LogP contribution >= 0.6 is 11.3 Å². The number of aliphatic hydroxyl groups is 1. The molecule has 0 saturated carbocycles. The molecule has 144 valence electrons.